The Bertz CT molecular complexity index is 921. The van der Waals surface area contributed by atoms with Gasteiger partial charge >= 0.3 is 5.97 Å². The fourth-order valence-electron chi connectivity index (χ4n) is 2.53. The predicted molar refractivity (Wildman–Crippen MR) is 99.2 cm³/mol. The Kier molecular flexibility index (Phi) is 6.38. The first-order valence-electron chi connectivity index (χ1n) is 8.22. The van der Waals surface area contributed by atoms with E-state index in [0.29, 0.717) is 12.1 Å². The van der Waals surface area contributed by atoms with Crippen molar-refractivity contribution in [3.05, 3.63) is 73.3 Å². The first-order chi connectivity index (χ1) is 13.2. The fourth-order valence-corrected chi connectivity index (χ4v) is 2.53. The number of para-hydroxylation sites is 1. The molecular weight excluding hydrogens is 370 g/mol. The minimum absolute atomic E-state index is 0.180. The molecule has 2 aromatic carbocycles. The van der Waals surface area contributed by atoms with E-state index < -0.39 is 39.7 Å². The summed E-state index contributed by atoms with van der Waals surface area (Å²) in [6, 6.07) is 8.87. The second-order valence-electron chi connectivity index (χ2n) is 5.79. The average Bonchev–Trinajstić information content (AvgIpc) is 2.66. The summed E-state index contributed by atoms with van der Waals surface area (Å²) in [5.41, 5.74) is -0.254. The Balaban J connectivity index is 2.13. The summed E-state index contributed by atoms with van der Waals surface area (Å²) in [4.78, 5) is 44.6. The third-order valence-corrected chi connectivity index (χ3v) is 3.99. The molecular formula is C18H17N3O7. The standard InChI is InChI=1S/C18H17N3O7/c1-3-12-6-4-5-7-14(12)19-17(22)10-28-18(23)13-8-15(20(24)25)11(2)16(9-13)21(26)27/h4-9H,3,10H2,1-2H3,(H,19,22). The zero-order chi connectivity index (χ0) is 20.8. The number of nitrogens with zero attached hydrogens (tertiary/aromatic N) is 2. The highest BCUT2D eigenvalue weighted by atomic mass is 16.6. The topological polar surface area (TPSA) is 142 Å². The molecule has 1 amide bonds. The quantitative estimate of drug-likeness (QED) is 0.437. The monoisotopic (exact) mass is 387 g/mol. The number of amides is 1. The van der Waals surface area contributed by atoms with Crippen molar-refractivity contribution in [1.82, 2.24) is 0 Å². The number of aryl methyl sites for hydroxylation is 1. The van der Waals surface area contributed by atoms with Gasteiger partial charge < -0.3 is 10.1 Å². The van der Waals surface area contributed by atoms with E-state index in [1.807, 2.05) is 19.1 Å². The van der Waals surface area contributed by atoms with E-state index in [9.17, 15) is 29.8 Å². The van der Waals surface area contributed by atoms with Crippen molar-refractivity contribution in [2.75, 3.05) is 11.9 Å². The molecule has 0 aliphatic rings. The third kappa shape index (κ3) is 4.67. The normalized spacial score (nSPS) is 10.2. The van der Waals surface area contributed by atoms with Crippen molar-refractivity contribution in [3.63, 3.8) is 0 Å². The molecule has 0 aliphatic carbocycles. The van der Waals surface area contributed by atoms with Crippen LogP contribution in [-0.4, -0.2) is 28.3 Å². The van der Waals surface area contributed by atoms with Gasteiger partial charge in [0.05, 0.1) is 15.4 Å². The van der Waals surface area contributed by atoms with Crippen LogP contribution >= 0.6 is 0 Å². The van der Waals surface area contributed by atoms with Gasteiger partial charge in [-0.25, -0.2) is 4.79 Å². The van der Waals surface area contributed by atoms with Crippen LogP contribution in [0.4, 0.5) is 17.1 Å². The second-order valence-corrected chi connectivity index (χ2v) is 5.79. The van der Waals surface area contributed by atoms with Gasteiger partial charge in [0.25, 0.3) is 17.3 Å². The van der Waals surface area contributed by atoms with Gasteiger partial charge in [0, 0.05) is 17.8 Å². The predicted octanol–water partition coefficient (Wildman–Crippen LogP) is 3.17. The molecule has 0 spiro atoms. The van der Waals surface area contributed by atoms with Crippen molar-refractivity contribution in [1.29, 1.82) is 0 Å². The Labute approximate surface area is 159 Å². The van der Waals surface area contributed by atoms with E-state index in [1.165, 1.54) is 6.92 Å². The first-order valence-corrected chi connectivity index (χ1v) is 8.22. The van der Waals surface area contributed by atoms with Crippen molar-refractivity contribution in [3.8, 4) is 0 Å². The largest absolute Gasteiger partial charge is 0.452 e. The van der Waals surface area contributed by atoms with Crippen LogP contribution < -0.4 is 5.32 Å². The molecule has 0 radical (unpaired) electrons. The SMILES string of the molecule is CCc1ccccc1NC(=O)COC(=O)c1cc([N+](=O)[O-])c(C)c([N+](=O)[O-])c1. The molecule has 2 aromatic rings. The molecule has 0 atom stereocenters. The number of rotatable bonds is 7. The number of nitro groups is 2. The molecule has 0 heterocycles. The number of nitrogens with one attached hydrogen (secondary N) is 1. The maximum absolute atomic E-state index is 12.1. The molecule has 146 valence electrons. The maximum Gasteiger partial charge on any atom is 0.339 e. The number of carbonyl (C=O) groups excluding carboxylic acids is 2. The zero-order valence-corrected chi connectivity index (χ0v) is 15.1. The smallest absolute Gasteiger partial charge is 0.339 e. The number of hydrogen-bond donors (Lipinski definition) is 1. The van der Waals surface area contributed by atoms with Crippen LogP contribution in [0.15, 0.2) is 36.4 Å². The maximum atomic E-state index is 12.1. The summed E-state index contributed by atoms with van der Waals surface area (Å²) >= 11 is 0. The Hall–Kier alpha value is -3.82. The minimum Gasteiger partial charge on any atom is -0.452 e. The zero-order valence-electron chi connectivity index (χ0n) is 15.1. The number of ether oxygens (including phenoxy) is 1. The summed E-state index contributed by atoms with van der Waals surface area (Å²) in [5.74, 6) is -1.68. The highest BCUT2D eigenvalue weighted by Crippen LogP contribution is 2.29. The summed E-state index contributed by atoms with van der Waals surface area (Å²) in [6.07, 6.45) is 0.687. The Morgan fingerprint density at radius 3 is 2.18 bits per heavy atom. The second kappa shape index (κ2) is 8.71. The number of nitro benzene ring substituents is 2. The molecule has 0 fully saturated rings. The lowest BCUT2D eigenvalue weighted by Gasteiger charge is -2.10. The Morgan fingerprint density at radius 1 is 1.07 bits per heavy atom. The van der Waals surface area contributed by atoms with Crippen molar-refractivity contribution >= 4 is 28.9 Å². The molecule has 1 N–H and O–H groups in total. The van der Waals surface area contributed by atoms with Gasteiger partial charge in [0.15, 0.2) is 6.61 Å². The van der Waals surface area contributed by atoms with Crippen LogP contribution in [0.1, 0.15) is 28.4 Å². The summed E-state index contributed by atoms with van der Waals surface area (Å²) < 4.78 is 4.85. The van der Waals surface area contributed by atoms with Crippen LogP contribution in [-0.2, 0) is 16.0 Å². The van der Waals surface area contributed by atoms with Crippen LogP contribution in [0.25, 0.3) is 0 Å². The molecule has 10 nitrogen and oxygen atoms in total. The van der Waals surface area contributed by atoms with E-state index in [1.54, 1.807) is 12.1 Å². The highest BCUT2D eigenvalue weighted by Gasteiger charge is 2.26. The summed E-state index contributed by atoms with van der Waals surface area (Å²) in [7, 11) is 0. The minimum atomic E-state index is -1.08. The fraction of sp³-hybridized carbons (Fsp3) is 0.222. The lowest BCUT2D eigenvalue weighted by Crippen LogP contribution is -2.21. The van der Waals surface area contributed by atoms with E-state index in [4.69, 9.17) is 4.74 Å². The number of carbonyl (C=O) groups is 2. The van der Waals surface area contributed by atoms with E-state index >= 15 is 0 Å². The van der Waals surface area contributed by atoms with E-state index in [0.717, 1.165) is 17.7 Å². The highest BCUT2D eigenvalue weighted by molar-refractivity contribution is 5.96. The molecule has 0 bridgehead atoms. The van der Waals surface area contributed by atoms with Gasteiger partial charge in [-0.3, -0.25) is 25.0 Å². The molecule has 10 heteroatoms. The van der Waals surface area contributed by atoms with Crippen LogP contribution in [0.2, 0.25) is 0 Å². The van der Waals surface area contributed by atoms with Crippen LogP contribution in [0.3, 0.4) is 0 Å². The van der Waals surface area contributed by atoms with Crippen molar-refractivity contribution < 1.29 is 24.2 Å². The molecule has 0 saturated heterocycles. The van der Waals surface area contributed by atoms with E-state index in [2.05, 4.69) is 5.32 Å². The molecule has 2 rings (SSSR count). The Morgan fingerprint density at radius 2 is 1.64 bits per heavy atom. The van der Waals surface area contributed by atoms with Gasteiger partial charge in [-0.2, -0.15) is 0 Å². The van der Waals surface area contributed by atoms with Crippen LogP contribution in [0, 0.1) is 27.2 Å². The third-order valence-electron chi connectivity index (χ3n) is 3.99. The van der Waals surface area contributed by atoms with Crippen molar-refractivity contribution in [2.24, 2.45) is 0 Å². The van der Waals surface area contributed by atoms with Gasteiger partial charge in [0.2, 0.25) is 0 Å². The van der Waals surface area contributed by atoms with E-state index in [-0.39, 0.29) is 11.1 Å². The summed E-state index contributed by atoms with van der Waals surface area (Å²) in [6.45, 7) is 2.48. The van der Waals surface area contributed by atoms with Crippen molar-refractivity contribution in [2.45, 2.75) is 20.3 Å². The molecule has 0 unspecified atom stereocenters. The number of hydrogen-bond acceptors (Lipinski definition) is 7. The van der Waals surface area contributed by atoms with Gasteiger partial charge in [-0.1, -0.05) is 25.1 Å². The van der Waals surface area contributed by atoms with Gasteiger partial charge in [-0.05, 0) is 25.0 Å². The molecule has 0 saturated carbocycles. The molecule has 28 heavy (non-hydrogen) atoms. The lowest BCUT2D eigenvalue weighted by atomic mass is 10.1. The average molecular weight is 387 g/mol. The molecule has 0 aliphatic heterocycles. The number of esters is 1. The van der Waals surface area contributed by atoms with Gasteiger partial charge in [-0.15, -0.1) is 0 Å². The number of anilines is 1. The van der Waals surface area contributed by atoms with Crippen LogP contribution in [0.5, 0.6) is 0 Å². The first kappa shape index (κ1) is 20.5. The molecule has 0 aromatic heterocycles. The number of benzene rings is 2. The lowest BCUT2D eigenvalue weighted by molar-refractivity contribution is -0.395. The summed E-state index contributed by atoms with van der Waals surface area (Å²) in [5, 5.41) is 24.7. The van der Waals surface area contributed by atoms with Gasteiger partial charge in [0.1, 0.15) is 5.56 Å².